The smallest absolute Gasteiger partial charge is 0.320 e. The molecular formula is C26H28F2N2O4. The van der Waals surface area contributed by atoms with Crippen LogP contribution in [0.3, 0.4) is 0 Å². The first kappa shape index (κ1) is 26.6. The number of amides is 2. The van der Waals surface area contributed by atoms with E-state index < -0.39 is 34.9 Å². The van der Waals surface area contributed by atoms with Crippen LogP contribution in [0.15, 0.2) is 55.1 Å². The van der Waals surface area contributed by atoms with E-state index in [9.17, 15) is 9.59 Å². The van der Waals surface area contributed by atoms with Crippen LogP contribution in [0.1, 0.15) is 37.8 Å². The number of carbonyl (C=O) groups is 2. The van der Waals surface area contributed by atoms with E-state index >= 15 is 8.78 Å². The molecule has 2 aromatic rings. The van der Waals surface area contributed by atoms with E-state index in [1.165, 1.54) is 6.08 Å². The van der Waals surface area contributed by atoms with Crippen molar-refractivity contribution in [3.05, 3.63) is 77.9 Å². The summed E-state index contributed by atoms with van der Waals surface area (Å²) < 4.78 is 41.1. The number of hydrogen-bond donors (Lipinski definition) is 1. The molecule has 2 N–H and O–H groups in total. The molecule has 0 saturated carbocycles. The second kappa shape index (κ2) is 12.5. The number of benzene rings is 2. The number of ether oxygens (including phenoxy) is 2. The Morgan fingerprint density at radius 3 is 2.26 bits per heavy atom. The predicted molar refractivity (Wildman–Crippen MR) is 126 cm³/mol. The summed E-state index contributed by atoms with van der Waals surface area (Å²) in [7, 11) is 0. The lowest BCUT2D eigenvalue weighted by molar-refractivity contribution is -0.145. The highest BCUT2D eigenvalue weighted by Gasteiger charge is 2.44. The number of urea groups is 1. The van der Waals surface area contributed by atoms with Crippen molar-refractivity contribution in [2.45, 2.75) is 32.2 Å². The molecule has 2 aromatic carbocycles. The second-order valence-corrected chi connectivity index (χ2v) is 7.44. The molecule has 6 nitrogen and oxygen atoms in total. The topological polar surface area (TPSA) is 81.9 Å². The van der Waals surface area contributed by atoms with Crippen molar-refractivity contribution in [3.63, 3.8) is 0 Å². The molecule has 0 aliphatic rings. The minimum atomic E-state index is -1.50. The third kappa shape index (κ3) is 6.65. The van der Waals surface area contributed by atoms with E-state index in [-0.39, 0.29) is 38.2 Å². The van der Waals surface area contributed by atoms with Gasteiger partial charge in [0, 0.05) is 11.1 Å². The monoisotopic (exact) mass is 470 g/mol. The Labute approximate surface area is 198 Å². The zero-order chi connectivity index (χ0) is 25.1. The summed E-state index contributed by atoms with van der Waals surface area (Å²) in [5.41, 5.74) is 4.15. The molecule has 0 radical (unpaired) electrons. The minimum absolute atomic E-state index is 0.0717. The molecule has 1 unspecified atom stereocenters. The fraction of sp³-hybridized carbons (Fsp3) is 0.308. The summed E-state index contributed by atoms with van der Waals surface area (Å²) in [5, 5.41) is 0. The van der Waals surface area contributed by atoms with E-state index in [1.54, 1.807) is 38.1 Å². The van der Waals surface area contributed by atoms with Gasteiger partial charge in [0.15, 0.2) is 11.6 Å². The van der Waals surface area contributed by atoms with E-state index in [2.05, 4.69) is 18.4 Å². The average Bonchev–Trinajstić information content (AvgIpc) is 2.80. The van der Waals surface area contributed by atoms with Crippen molar-refractivity contribution in [3.8, 4) is 11.8 Å². The predicted octanol–water partition coefficient (Wildman–Crippen LogP) is 4.55. The van der Waals surface area contributed by atoms with Gasteiger partial charge in [-0.3, -0.25) is 9.69 Å². The number of hydrogen-bond acceptors (Lipinski definition) is 4. The molecule has 0 bridgehead atoms. The highest BCUT2D eigenvalue weighted by atomic mass is 19.1. The van der Waals surface area contributed by atoms with Crippen LogP contribution in [0.5, 0.6) is 0 Å². The molecule has 1 atom stereocenters. The van der Waals surface area contributed by atoms with Crippen LogP contribution in [-0.4, -0.2) is 37.4 Å². The second-order valence-electron chi connectivity index (χ2n) is 7.44. The molecule has 34 heavy (non-hydrogen) atoms. The molecule has 0 heterocycles. The lowest BCUT2D eigenvalue weighted by atomic mass is 9.89. The number of halogens is 2. The maximum Gasteiger partial charge on any atom is 0.320 e. The van der Waals surface area contributed by atoms with Crippen molar-refractivity contribution in [1.82, 2.24) is 0 Å². The van der Waals surface area contributed by atoms with Crippen LogP contribution < -0.4 is 10.6 Å². The van der Waals surface area contributed by atoms with E-state index in [0.29, 0.717) is 5.56 Å². The number of carbonyl (C=O) groups excluding carboxylic acids is 2. The van der Waals surface area contributed by atoms with E-state index in [1.807, 2.05) is 6.07 Å². The van der Waals surface area contributed by atoms with Crippen LogP contribution in [0.25, 0.3) is 0 Å². The maximum atomic E-state index is 15.3. The number of primary amides is 1. The fourth-order valence-corrected chi connectivity index (χ4v) is 3.49. The van der Waals surface area contributed by atoms with Crippen molar-refractivity contribution in [1.29, 1.82) is 0 Å². The third-order valence-electron chi connectivity index (χ3n) is 5.10. The van der Waals surface area contributed by atoms with Gasteiger partial charge in [-0.05, 0) is 37.6 Å². The molecule has 0 fully saturated rings. The van der Waals surface area contributed by atoms with Crippen molar-refractivity contribution < 1.29 is 27.8 Å². The quantitative estimate of drug-likeness (QED) is 0.239. The number of anilines is 1. The highest BCUT2D eigenvalue weighted by molar-refractivity contribution is 5.94. The Bertz CT molecular complexity index is 1060. The summed E-state index contributed by atoms with van der Waals surface area (Å²) in [5.74, 6) is 2.76. The molecule has 0 aliphatic carbocycles. The first-order valence-electron chi connectivity index (χ1n) is 10.8. The van der Waals surface area contributed by atoms with Gasteiger partial charge in [0.05, 0.1) is 31.8 Å². The largest absolute Gasteiger partial charge is 0.466 e. The molecular weight excluding hydrogens is 442 g/mol. The third-order valence-corrected chi connectivity index (χ3v) is 5.10. The van der Waals surface area contributed by atoms with Gasteiger partial charge in [-0.15, -0.1) is 6.58 Å². The van der Waals surface area contributed by atoms with Crippen LogP contribution in [-0.2, 0) is 14.3 Å². The maximum absolute atomic E-state index is 15.3. The molecule has 0 spiro atoms. The number of nitrogens with zero attached hydrogens (tertiary/aromatic N) is 1. The lowest BCUT2D eigenvalue weighted by Crippen LogP contribution is -2.58. The van der Waals surface area contributed by atoms with Crippen LogP contribution in [0, 0.1) is 23.5 Å². The average molecular weight is 471 g/mol. The normalized spacial score (nSPS) is 12.1. The van der Waals surface area contributed by atoms with E-state index in [0.717, 1.165) is 17.0 Å². The number of esters is 1. The lowest BCUT2D eigenvalue weighted by Gasteiger charge is -2.41. The summed E-state index contributed by atoms with van der Waals surface area (Å²) in [6.45, 7) is 6.80. The molecule has 0 aromatic heterocycles. The number of nitrogens with two attached hydrogens (primary N) is 1. The SMILES string of the molecule is C=CCOCC(CC)(CC(=O)OCC)N(C(N)=O)c1c(F)cc(C#Cc2ccccc2)cc1F. The Morgan fingerprint density at radius 1 is 1.12 bits per heavy atom. The van der Waals surface area contributed by atoms with Crippen LogP contribution in [0.4, 0.5) is 19.3 Å². The molecule has 0 aliphatic heterocycles. The van der Waals surface area contributed by atoms with Crippen LogP contribution >= 0.6 is 0 Å². The summed E-state index contributed by atoms with van der Waals surface area (Å²) in [6, 6.07) is 9.82. The zero-order valence-electron chi connectivity index (χ0n) is 19.3. The highest BCUT2D eigenvalue weighted by Crippen LogP contribution is 2.35. The van der Waals surface area contributed by atoms with E-state index in [4.69, 9.17) is 15.2 Å². The molecule has 2 amide bonds. The van der Waals surface area contributed by atoms with Crippen LogP contribution in [0.2, 0.25) is 0 Å². The Balaban J connectivity index is 2.56. The first-order chi connectivity index (χ1) is 16.3. The van der Waals surface area contributed by atoms with Gasteiger partial charge in [0.25, 0.3) is 0 Å². The van der Waals surface area contributed by atoms with Crippen molar-refractivity contribution in [2.75, 3.05) is 24.7 Å². The van der Waals surface area contributed by atoms with Gasteiger partial charge >= 0.3 is 12.0 Å². The zero-order valence-corrected chi connectivity index (χ0v) is 19.3. The Kier molecular flexibility index (Phi) is 9.77. The fourth-order valence-electron chi connectivity index (χ4n) is 3.49. The molecule has 2 rings (SSSR count). The molecule has 0 saturated heterocycles. The molecule has 8 heteroatoms. The van der Waals surface area contributed by atoms with Crippen molar-refractivity contribution in [2.24, 2.45) is 5.73 Å². The van der Waals surface area contributed by atoms with Crippen molar-refractivity contribution >= 4 is 17.7 Å². The standard InChI is InChI=1S/C26H28F2N2O4/c1-4-14-33-18-26(5-2,17-23(31)34-6-3)30(25(29)32)24-21(27)15-20(16-22(24)28)13-12-19-10-8-7-9-11-19/h4,7-11,15-16H,1,5-6,14,17-18H2,2-3H3,(H2,29,32). The summed E-state index contributed by atoms with van der Waals surface area (Å²) in [6.07, 6.45) is 1.19. The minimum Gasteiger partial charge on any atom is -0.466 e. The summed E-state index contributed by atoms with van der Waals surface area (Å²) in [4.78, 5) is 25.6. The van der Waals surface area contributed by atoms with Gasteiger partial charge in [-0.2, -0.15) is 0 Å². The Hall–Kier alpha value is -3.70. The molecule has 180 valence electrons. The Morgan fingerprint density at radius 2 is 1.74 bits per heavy atom. The van der Waals surface area contributed by atoms with Gasteiger partial charge in [0.1, 0.15) is 5.69 Å². The van der Waals surface area contributed by atoms with Gasteiger partial charge in [-0.1, -0.05) is 43.0 Å². The number of rotatable bonds is 10. The van der Waals surface area contributed by atoms with Gasteiger partial charge < -0.3 is 15.2 Å². The summed E-state index contributed by atoms with van der Waals surface area (Å²) >= 11 is 0. The first-order valence-corrected chi connectivity index (χ1v) is 10.8. The van der Waals surface area contributed by atoms with Gasteiger partial charge in [-0.25, -0.2) is 13.6 Å². The van der Waals surface area contributed by atoms with Gasteiger partial charge in [0.2, 0.25) is 0 Å².